The minimum atomic E-state index is 0.408. The lowest BCUT2D eigenvalue weighted by atomic mass is 10.2. The standard InChI is InChI=1S/C10H14OS.C3H8S/c1-8(2)12-7-9-5-3-4-6-10(9)11;1-3(2)4/h3-6,8,11H,7H2,1-2H3;3-4H,1-2H3. The Kier molecular flexibility index (Phi) is 8.67. The normalized spacial score (nSPS) is 10.2. The molecule has 1 aromatic carbocycles. The number of phenols is 1. The van der Waals surface area contributed by atoms with Gasteiger partial charge in [-0.1, -0.05) is 45.9 Å². The van der Waals surface area contributed by atoms with Crippen LogP contribution in [0.3, 0.4) is 0 Å². The monoisotopic (exact) mass is 258 g/mol. The number of thiol groups is 1. The van der Waals surface area contributed by atoms with Crippen LogP contribution in [-0.4, -0.2) is 15.6 Å². The van der Waals surface area contributed by atoms with Gasteiger partial charge in [0.25, 0.3) is 0 Å². The topological polar surface area (TPSA) is 20.2 Å². The lowest BCUT2D eigenvalue weighted by Crippen LogP contribution is -1.88. The average molecular weight is 258 g/mol. The SMILES string of the molecule is CC(C)S.CC(C)SCc1ccccc1O. The van der Waals surface area contributed by atoms with Crippen LogP contribution in [0.2, 0.25) is 0 Å². The van der Waals surface area contributed by atoms with Gasteiger partial charge in [0.2, 0.25) is 0 Å². The van der Waals surface area contributed by atoms with Gasteiger partial charge in [-0.15, -0.1) is 0 Å². The molecular formula is C13H22OS2. The van der Waals surface area contributed by atoms with Gasteiger partial charge in [0.05, 0.1) is 0 Å². The fraction of sp³-hybridized carbons (Fsp3) is 0.538. The maximum absolute atomic E-state index is 9.41. The molecule has 0 aliphatic heterocycles. The molecule has 1 rings (SSSR count). The van der Waals surface area contributed by atoms with E-state index in [1.165, 1.54) is 0 Å². The van der Waals surface area contributed by atoms with Gasteiger partial charge in [0.15, 0.2) is 0 Å². The molecule has 0 aromatic heterocycles. The fourth-order valence-electron chi connectivity index (χ4n) is 0.889. The first-order valence-corrected chi connectivity index (χ1v) is 7.06. The molecule has 92 valence electrons. The Morgan fingerprint density at radius 1 is 1.19 bits per heavy atom. The molecule has 0 saturated carbocycles. The third-order valence-corrected chi connectivity index (χ3v) is 2.71. The second-order valence-electron chi connectivity index (χ2n) is 4.08. The van der Waals surface area contributed by atoms with Crippen molar-refractivity contribution in [1.29, 1.82) is 0 Å². The minimum absolute atomic E-state index is 0.408. The van der Waals surface area contributed by atoms with Gasteiger partial charge in [-0.05, 0) is 16.6 Å². The summed E-state index contributed by atoms with van der Waals surface area (Å²) in [5.41, 5.74) is 1.02. The third-order valence-electron chi connectivity index (χ3n) is 1.56. The van der Waals surface area contributed by atoms with E-state index in [1.54, 1.807) is 6.07 Å². The first-order valence-electron chi connectivity index (χ1n) is 5.50. The molecule has 0 atom stereocenters. The predicted octanol–water partition coefficient (Wildman–Crippen LogP) is 4.36. The van der Waals surface area contributed by atoms with Crippen molar-refractivity contribution >= 4 is 24.4 Å². The van der Waals surface area contributed by atoms with Crippen molar-refractivity contribution in [2.24, 2.45) is 0 Å². The molecule has 0 unspecified atom stereocenters. The molecule has 0 aliphatic carbocycles. The third kappa shape index (κ3) is 8.98. The molecule has 0 aliphatic rings. The van der Waals surface area contributed by atoms with Crippen LogP contribution in [-0.2, 0) is 5.75 Å². The van der Waals surface area contributed by atoms with Crippen molar-refractivity contribution in [2.45, 2.75) is 43.9 Å². The van der Waals surface area contributed by atoms with Gasteiger partial charge in [0.1, 0.15) is 5.75 Å². The number of aromatic hydroxyl groups is 1. The Hall–Kier alpha value is -0.280. The van der Waals surface area contributed by atoms with Crippen LogP contribution >= 0.6 is 24.4 Å². The molecule has 16 heavy (non-hydrogen) atoms. The predicted molar refractivity (Wildman–Crippen MR) is 78.7 cm³/mol. The average Bonchev–Trinajstić information content (AvgIpc) is 2.15. The lowest BCUT2D eigenvalue weighted by Gasteiger charge is -2.05. The van der Waals surface area contributed by atoms with E-state index in [-0.39, 0.29) is 0 Å². The van der Waals surface area contributed by atoms with Crippen molar-refractivity contribution in [3.63, 3.8) is 0 Å². The van der Waals surface area contributed by atoms with Crippen molar-refractivity contribution in [1.82, 2.24) is 0 Å². The number of hydrogen-bond donors (Lipinski definition) is 2. The van der Waals surface area contributed by atoms with Crippen LogP contribution in [0, 0.1) is 0 Å². The second-order valence-corrected chi connectivity index (χ2v) is 6.68. The van der Waals surface area contributed by atoms with E-state index < -0.39 is 0 Å². The molecule has 0 bridgehead atoms. The summed E-state index contributed by atoms with van der Waals surface area (Å²) in [6.45, 7) is 8.38. The van der Waals surface area contributed by atoms with E-state index >= 15 is 0 Å². The molecule has 0 heterocycles. The van der Waals surface area contributed by atoms with Crippen LogP contribution in [0.5, 0.6) is 5.75 Å². The summed E-state index contributed by atoms with van der Waals surface area (Å²) in [4.78, 5) is 0. The molecule has 1 N–H and O–H groups in total. The molecular weight excluding hydrogens is 236 g/mol. The molecule has 0 saturated heterocycles. The van der Waals surface area contributed by atoms with Crippen LogP contribution < -0.4 is 0 Å². The molecule has 3 heteroatoms. The number of thioether (sulfide) groups is 1. The first kappa shape index (κ1) is 15.7. The van der Waals surface area contributed by atoms with Crippen molar-refractivity contribution in [2.75, 3.05) is 0 Å². The Morgan fingerprint density at radius 3 is 2.12 bits per heavy atom. The highest BCUT2D eigenvalue weighted by atomic mass is 32.2. The highest BCUT2D eigenvalue weighted by Gasteiger charge is 2.00. The largest absolute Gasteiger partial charge is 0.508 e. The number of rotatable bonds is 3. The highest BCUT2D eigenvalue weighted by molar-refractivity contribution is 7.99. The summed E-state index contributed by atoms with van der Waals surface area (Å²) in [6.07, 6.45) is 0. The Balaban J connectivity index is 0.000000487. The van der Waals surface area contributed by atoms with E-state index in [2.05, 4.69) is 26.5 Å². The molecule has 0 spiro atoms. The summed E-state index contributed by atoms with van der Waals surface area (Å²) in [7, 11) is 0. The quantitative estimate of drug-likeness (QED) is 0.786. The maximum atomic E-state index is 9.41. The van der Waals surface area contributed by atoms with Crippen molar-refractivity contribution < 1.29 is 5.11 Å². The lowest BCUT2D eigenvalue weighted by molar-refractivity contribution is 0.470. The molecule has 0 radical (unpaired) electrons. The van der Waals surface area contributed by atoms with Crippen LogP contribution in [0.15, 0.2) is 24.3 Å². The van der Waals surface area contributed by atoms with Gasteiger partial charge >= 0.3 is 0 Å². The summed E-state index contributed by atoms with van der Waals surface area (Å²) < 4.78 is 0. The second kappa shape index (κ2) is 8.82. The maximum Gasteiger partial charge on any atom is 0.119 e. The molecule has 1 nitrogen and oxygen atoms in total. The van der Waals surface area contributed by atoms with E-state index in [9.17, 15) is 5.11 Å². The first-order chi connectivity index (χ1) is 7.43. The van der Waals surface area contributed by atoms with Gasteiger partial charge in [-0.2, -0.15) is 24.4 Å². The summed E-state index contributed by atoms with van der Waals surface area (Å²) in [5.74, 6) is 1.30. The Labute approximate surface area is 109 Å². The Bertz CT molecular complexity index is 282. The number of benzene rings is 1. The molecule has 0 fully saturated rings. The van der Waals surface area contributed by atoms with Gasteiger partial charge in [0, 0.05) is 11.3 Å². The zero-order valence-electron chi connectivity index (χ0n) is 10.5. The molecule has 1 aromatic rings. The zero-order valence-corrected chi connectivity index (χ0v) is 12.2. The highest BCUT2D eigenvalue weighted by Crippen LogP contribution is 2.23. The van der Waals surface area contributed by atoms with Crippen molar-refractivity contribution in [3.8, 4) is 5.75 Å². The summed E-state index contributed by atoms with van der Waals surface area (Å²) >= 11 is 5.80. The summed E-state index contributed by atoms with van der Waals surface area (Å²) in [5, 5.41) is 10.6. The smallest absolute Gasteiger partial charge is 0.119 e. The summed E-state index contributed by atoms with van der Waals surface area (Å²) in [6, 6.07) is 7.50. The number of para-hydroxylation sites is 1. The number of phenolic OH excluding ortho intramolecular Hbond substituents is 1. The van der Waals surface area contributed by atoms with E-state index in [0.717, 1.165) is 11.3 Å². The van der Waals surface area contributed by atoms with E-state index in [1.807, 2.05) is 43.8 Å². The number of hydrogen-bond acceptors (Lipinski definition) is 3. The van der Waals surface area contributed by atoms with Crippen LogP contribution in [0.4, 0.5) is 0 Å². The van der Waals surface area contributed by atoms with Crippen LogP contribution in [0.25, 0.3) is 0 Å². The molecule has 0 amide bonds. The van der Waals surface area contributed by atoms with E-state index in [4.69, 9.17) is 0 Å². The van der Waals surface area contributed by atoms with E-state index in [0.29, 0.717) is 16.2 Å². The zero-order chi connectivity index (χ0) is 12.6. The van der Waals surface area contributed by atoms with Gasteiger partial charge in [-0.25, -0.2) is 0 Å². The van der Waals surface area contributed by atoms with Gasteiger partial charge < -0.3 is 5.11 Å². The van der Waals surface area contributed by atoms with Crippen molar-refractivity contribution in [3.05, 3.63) is 29.8 Å². The van der Waals surface area contributed by atoms with Gasteiger partial charge in [-0.3, -0.25) is 0 Å². The Morgan fingerprint density at radius 2 is 1.69 bits per heavy atom. The fourth-order valence-corrected chi connectivity index (χ4v) is 1.65. The minimum Gasteiger partial charge on any atom is -0.508 e. The van der Waals surface area contributed by atoms with Crippen LogP contribution in [0.1, 0.15) is 33.3 Å².